The third-order valence-electron chi connectivity index (χ3n) is 16.7. The molecule has 5 fully saturated rings. The standard InChI is InChI=1S/C46H58O8/c1-27(2)28-18-23-46(26-53-40(51)31-14-10-8-12-29(31)38(47)48)25-24-44(6)33(37(28)46)16-17-35-43(5)21-20-36(42(3,4)34(43)19-22-45(35,44)7)54-41(52)32-15-11-9-13-30(32)39(49)50/h8-15,28,33-37H,1,16-26H2,2-7H3,(H,47,48)(H,49,50)/t28-,33-,34-,35+,36-,37-,43+,44-,45-,46-/m0/s1. The van der Waals surface area contributed by atoms with Crippen LogP contribution < -0.4 is 0 Å². The average molecular weight is 739 g/mol. The van der Waals surface area contributed by atoms with Crippen molar-refractivity contribution in [2.24, 2.45) is 56.7 Å². The molecule has 8 heteroatoms. The summed E-state index contributed by atoms with van der Waals surface area (Å²) in [5, 5.41) is 19.5. The van der Waals surface area contributed by atoms with Crippen molar-refractivity contribution in [1.82, 2.24) is 0 Å². The number of ether oxygens (including phenoxy) is 2. The molecule has 5 aliphatic carbocycles. The molecule has 2 aromatic carbocycles. The van der Waals surface area contributed by atoms with Gasteiger partial charge in [0.25, 0.3) is 0 Å². The lowest BCUT2D eigenvalue weighted by Crippen LogP contribution is -2.67. The van der Waals surface area contributed by atoms with Crippen molar-refractivity contribution in [1.29, 1.82) is 0 Å². The Bertz CT molecular complexity index is 1880. The number of carbonyl (C=O) groups is 4. The van der Waals surface area contributed by atoms with E-state index in [1.165, 1.54) is 17.7 Å². The van der Waals surface area contributed by atoms with Gasteiger partial charge in [-0.2, -0.15) is 0 Å². The summed E-state index contributed by atoms with van der Waals surface area (Å²) < 4.78 is 12.4. The summed E-state index contributed by atoms with van der Waals surface area (Å²) in [4.78, 5) is 50.7. The van der Waals surface area contributed by atoms with E-state index in [-0.39, 0.29) is 55.4 Å². The van der Waals surface area contributed by atoms with Crippen molar-refractivity contribution in [3.63, 3.8) is 0 Å². The number of hydrogen-bond donors (Lipinski definition) is 2. The maximum Gasteiger partial charge on any atom is 0.339 e. The SMILES string of the molecule is C=C(C)[C@@H]1CC[C@@]2(COC(=O)c3ccccc3C(=O)O)CC[C@@]3(C)[C@@H](CC[C@@H]4[C@]5(C)CC[C@H](OC(=O)c6ccccc6C(=O)O)C(C)(C)[C@@H]5CC[C@@]43C)[C@H]12. The quantitative estimate of drug-likeness (QED) is 0.202. The Kier molecular flexibility index (Phi) is 9.49. The molecular formula is C46H58O8. The number of esters is 2. The van der Waals surface area contributed by atoms with E-state index in [4.69, 9.17) is 9.47 Å². The first-order valence-corrected chi connectivity index (χ1v) is 20.1. The first-order chi connectivity index (χ1) is 25.4. The van der Waals surface area contributed by atoms with Gasteiger partial charge in [0.05, 0.1) is 28.9 Å². The molecule has 8 nitrogen and oxygen atoms in total. The molecule has 0 radical (unpaired) electrons. The molecule has 0 unspecified atom stereocenters. The highest BCUT2D eigenvalue weighted by molar-refractivity contribution is 6.03. The number of allylic oxidation sites excluding steroid dienone is 1. The van der Waals surface area contributed by atoms with E-state index >= 15 is 0 Å². The number of benzene rings is 2. The fraction of sp³-hybridized carbons (Fsp3) is 0.609. The third-order valence-corrected chi connectivity index (χ3v) is 16.7. The maximum absolute atomic E-state index is 13.5. The zero-order chi connectivity index (χ0) is 39.0. The first kappa shape index (κ1) is 38.3. The molecule has 0 saturated heterocycles. The molecule has 0 heterocycles. The second-order valence-electron chi connectivity index (χ2n) is 19.1. The van der Waals surface area contributed by atoms with Gasteiger partial charge in [-0.1, -0.05) is 71.0 Å². The number of carbonyl (C=O) groups excluding carboxylic acids is 2. The van der Waals surface area contributed by atoms with Gasteiger partial charge in [-0.15, -0.1) is 0 Å². The number of rotatable bonds is 8. The van der Waals surface area contributed by atoms with Crippen LogP contribution in [-0.2, 0) is 9.47 Å². The minimum Gasteiger partial charge on any atom is -0.478 e. The van der Waals surface area contributed by atoms with Gasteiger partial charge in [-0.3, -0.25) is 0 Å². The Hall–Kier alpha value is -3.94. The largest absolute Gasteiger partial charge is 0.478 e. The predicted octanol–water partition coefficient (Wildman–Crippen LogP) is 10.1. The smallest absolute Gasteiger partial charge is 0.339 e. The summed E-state index contributed by atoms with van der Waals surface area (Å²) in [7, 11) is 0. The molecule has 0 aliphatic heterocycles. The van der Waals surface area contributed by atoms with Gasteiger partial charge in [-0.05, 0) is 141 Å². The average Bonchev–Trinajstić information content (AvgIpc) is 3.52. The molecule has 5 aliphatic rings. The van der Waals surface area contributed by atoms with Gasteiger partial charge in [-0.25, -0.2) is 19.2 Å². The number of fused-ring (bicyclic) bond motifs is 7. The van der Waals surface area contributed by atoms with Crippen LogP contribution in [-0.4, -0.2) is 46.8 Å². The molecule has 0 spiro atoms. The Balaban J connectivity index is 1.14. The van der Waals surface area contributed by atoms with Gasteiger partial charge in [0, 0.05) is 10.8 Å². The molecule has 10 atom stereocenters. The molecule has 7 rings (SSSR count). The Morgan fingerprint density at radius 1 is 0.685 bits per heavy atom. The topological polar surface area (TPSA) is 127 Å². The van der Waals surface area contributed by atoms with E-state index in [0.717, 1.165) is 64.2 Å². The molecule has 2 aromatic rings. The predicted molar refractivity (Wildman–Crippen MR) is 205 cm³/mol. The van der Waals surface area contributed by atoms with Crippen LogP contribution in [0.5, 0.6) is 0 Å². The van der Waals surface area contributed by atoms with Crippen LogP contribution in [0.1, 0.15) is 147 Å². The van der Waals surface area contributed by atoms with Crippen molar-refractivity contribution in [2.45, 2.75) is 112 Å². The van der Waals surface area contributed by atoms with Gasteiger partial charge < -0.3 is 19.7 Å². The van der Waals surface area contributed by atoms with Crippen molar-refractivity contribution in [3.05, 3.63) is 82.9 Å². The van der Waals surface area contributed by atoms with E-state index in [1.54, 1.807) is 36.4 Å². The summed E-state index contributed by atoms with van der Waals surface area (Å²) in [6, 6.07) is 12.6. The molecule has 5 saturated carbocycles. The lowest BCUT2D eigenvalue weighted by Gasteiger charge is -2.73. The van der Waals surface area contributed by atoms with Gasteiger partial charge in [0.1, 0.15) is 6.10 Å². The van der Waals surface area contributed by atoms with Crippen LogP contribution >= 0.6 is 0 Å². The van der Waals surface area contributed by atoms with Gasteiger partial charge in [0.2, 0.25) is 0 Å². The second-order valence-corrected chi connectivity index (χ2v) is 19.1. The van der Waals surface area contributed by atoms with Crippen molar-refractivity contribution in [3.8, 4) is 0 Å². The van der Waals surface area contributed by atoms with E-state index in [9.17, 15) is 29.4 Å². The second kappa shape index (κ2) is 13.4. The highest BCUT2D eigenvalue weighted by Gasteiger charge is 2.71. The third kappa shape index (κ3) is 5.67. The van der Waals surface area contributed by atoms with Gasteiger partial charge >= 0.3 is 23.9 Å². The van der Waals surface area contributed by atoms with Crippen molar-refractivity contribution < 1.29 is 38.9 Å². The van der Waals surface area contributed by atoms with Crippen molar-refractivity contribution >= 4 is 23.9 Å². The first-order valence-electron chi connectivity index (χ1n) is 20.1. The van der Waals surface area contributed by atoms with Crippen LogP contribution in [0.25, 0.3) is 0 Å². The zero-order valence-electron chi connectivity index (χ0n) is 32.9. The highest BCUT2D eigenvalue weighted by atomic mass is 16.5. The summed E-state index contributed by atoms with van der Waals surface area (Å²) >= 11 is 0. The lowest BCUT2D eigenvalue weighted by atomic mass is 9.32. The van der Waals surface area contributed by atoms with E-state index in [1.807, 2.05) is 0 Å². The molecule has 0 aromatic heterocycles. The fourth-order valence-electron chi connectivity index (χ4n) is 13.9. The number of carboxylic acid groups (broad SMARTS) is 2. The minimum absolute atomic E-state index is 0.0336. The summed E-state index contributed by atoms with van der Waals surface area (Å²) in [5.74, 6) is -1.43. The highest BCUT2D eigenvalue weighted by Crippen LogP contribution is 2.77. The van der Waals surface area contributed by atoms with E-state index in [2.05, 4.69) is 48.1 Å². The van der Waals surface area contributed by atoms with Crippen LogP contribution in [0.4, 0.5) is 0 Å². The van der Waals surface area contributed by atoms with E-state index < -0.39 is 23.9 Å². The minimum atomic E-state index is -1.14. The van der Waals surface area contributed by atoms with Crippen LogP contribution in [0, 0.1) is 56.7 Å². The number of aromatic carboxylic acids is 2. The fourth-order valence-corrected chi connectivity index (χ4v) is 13.9. The molecule has 290 valence electrons. The summed E-state index contributed by atoms with van der Waals surface area (Å²) in [6.07, 6.45) is 9.77. The molecule has 2 N–H and O–H groups in total. The lowest BCUT2D eigenvalue weighted by molar-refractivity contribution is -0.249. The number of hydrogen-bond acceptors (Lipinski definition) is 6. The molecule has 0 amide bonds. The Morgan fingerprint density at radius 3 is 1.87 bits per heavy atom. The van der Waals surface area contributed by atoms with Crippen molar-refractivity contribution in [2.75, 3.05) is 6.61 Å². The molecule has 0 bridgehead atoms. The van der Waals surface area contributed by atoms with E-state index in [0.29, 0.717) is 36.2 Å². The van der Waals surface area contributed by atoms with Crippen LogP contribution in [0.2, 0.25) is 0 Å². The molecule has 54 heavy (non-hydrogen) atoms. The maximum atomic E-state index is 13.5. The Labute approximate surface area is 320 Å². The normalized spacial score (nSPS) is 37.7. The van der Waals surface area contributed by atoms with Gasteiger partial charge in [0.15, 0.2) is 0 Å². The molecular weight excluding hydrogens is 680 g/mol. The van der Waals surface area contributed by atoms with Crippen LogP contribution in [0.15, 0.2) is 60.7 Å². The summed E-state index contributed by atoms with van der Waals surface area (Å²) in [6.45, 7) is 19.1. The Morgan fingerprint density at radius 2 is 1.28 bits per heavy atom. The summed E-state index contributed by atoms with van der Waals surface area (Å²) in [5.41, 5.74) is 1.09. The zero-order valence-corrected chi connectivity index (χ0v) is 32.9. The number of carboxylic acids is 2. The van der Waals surface area contributed by atoms with Crippen LogP contribution in [0.3, 0.4) is 0 Å². The monoisotopic (exact) mass is 738 g/mol.